The maximum atomic E-state index is 10.5. The molecule has 0 fully saturated rings. The van der Waals surface area contributed by atoms with Gasteiger partial charge in [0.2, 0.25) is 0 Å². The molecule has 1 aromatic rings. The van der Waals surface area contributed by atoms with E-state index in [0.29, 0.717) is 17.1 Å². The van der Waals surface area contributed by atoms with E-state index in [-0.39, 0.29) is 0 Å². The number of anilines is 1. The molecule has 0 saturated heterocycles. The van der Waals surface area contributed by atoms with E-state index < -0.39 is 12.0 Å². The lowest BCUT2D eigenvalue weighted by Crippen LogP contribution is -2.25. The Bertz CT molecular complexity index is 300. The highest BCUT2D eigenvalue weighted by Crippen LogP contribution is 2.19. The summed E-state index contributed by atoms with van der Waals surface area (Å²) in [6.45, 7) is 5.05. The Labute approximate surface area is 75.7 Å². The van der Waals surface area contributed by atoms with Gasteiger partial charge < -0.3 is 14.9 Å². The molecule has 5 nitrogen and oxygen atoms in total. The Morgan fingerprint density at radius 2 is 2.23 bits per heavy atom. The Hall–Kier alpha value is -1.52. The summed E-state index contributed by atoms with van der Waals surface area (Å²) >= 11 is 0. The first-order valence-corrected chi connectivity index (χ1v) is 3.94. The molecule has 0 spiro atoms. The van der Waals surface area contributed by atoms with E-state index in [1.807, 2.05) is 0 Å². The van der Waals surface area contributed by atoms with Crippen LogP contribution in [0.5, 0.6) is 0 Å². The molecule has 1 rings (SSSR count). The summed E-state index contributed by atoms with van der Waals surface area (Å²) in [5.74, 6) is -0.300. The van der Waals surface area contributed by atoms with Crippen molar-refractivity contribution < 1.29 is 14.4 Å². The second kappa shape index (κ2) is 3.47. The van der Waals surface area contributed by atoms with Crippen LogP contribution < -0.4 is 5.32 Å². The number of aryl methyl sites for hydroxylation is 2. The van der Waals surface area contributed by atoms with Crippen molar-refractivity contribution in [2.45, 2.75) is 26.8 Å². The van der Waals surface area contributed by atoms with Crippen molar-refractivity contribution >= 4 is 11.7 Å². The molecule has 0 aromatic carbocycles. The lowest BCUT2D eigenvalue weighted by Gasteiger charge is -2.08. The van der Waals surface area contributed by atoms with Crippen LogP contribution in [0.4, 0.5) is 5.69 Å². The van der Waals surface area contributed by atoms with E-state index in [1.165, 1.54) is 0 Å². The van der Waals surface area contributed by atoms with E-state index in [9.17, 15) is 4.79 Å². The largest absolute Gasteiger partial charge is 0.480 e. The minimum Gasteiger partial charge on any atom is -0.480 e. The van der Waals surface area contributed by atoms with Gasteiger partial charge >= 0.3 is 5.97 Å². The zero-order chi connectivity index (χ0) is 10.0. The molecule has 1 atom stereocenters. The number of hydrogen-bond donors (Lipinski definition) is 2. The van der Waals surface area contributed by atoms with Crippen molar-refractivity contribution in [1.82, 2.24) is 5.16 Å². The highest BCUT2D eigenvalue weighted by Gasteiger charge is 2.15. The van der Waals surface area contributed by atoms with Crippen LogP contribution >= 0.6 is 0 Å². The molecule has 13 heavy (non-hydrogen) atoms. The summed E-state index contributed by atoms with van der Waals surface area (Å²) in [5, 5.41) is 15.1. The summed E-state index contributed by atoms with van der Waals surface area (Å²) in [7, 11) is 0. The van der Waals surface area contributed by atoms with Crippen molar-refractivity contribution in [3.63, 3.8) is 0 Å². The van der Waals surface area contributed by atoms with E-state index in [4.69, 9.17) is 9.63 Å². The predicted molar refractivity (Wildman–Crippen MR) is 46.7 cm³/mol. The standard InChI is InChI=1S/C8H12N2O3/c1-4-7(6(3)13-10-4)9-5(2)8(11)12/h5,9H,1-3H3,(H,11,12). The van der Waals surface area contributed by atoms with Gasteiger partial charge in [-0.2, -0.15) is 0 Å². The molecule has 0 radical (unpaired) electrons. The van der Waals surface area contributed by atoms with Gasteiger partial charge in [0.15, 0.2) is 5.76 Å². The highest BCUT2D eigenvalue weighted by molar-refractivity contribution is 5.77. The molecule has 0 aliphatic carbocycles. The maximum Gasteiger partial charge on any atom is 0.325 e. The number of carboxylic acid groups (broad SMARTS) is 1. The zero-order valence-electron chi connectivity index (χ0n) is 7.79. The van der Waals surface area contributed by atoms with Crippen LogP contribution in [0.25, 0.3) is 0 Å². The fourth-order valence-corrected chi connectivity index (χ4v) is 0.967. The van der Waals surface area contributed by atoms with Crippen LogP contribution in [0.2, 0.25) is 0 Å². The maximum absolute atomic E-state index is 10.5. The van der Waals surface area contributed by atoms with Gasteiger partial charge in [-0.15, -0.1) is 0 Å². The molecule has 0 aliphatic heterocycles. The van der Waals surface area contributed by atoms with Crippen molar-refractivity contribution in [3.8, 4) is 0 Å². The number of aromatic nitrogens is 1. The average Bonchev–Trinajstić information content (AvgIpc) is 2.35. The van der Waals surface area contributed by atoms with Gasteiger partial charge in [0.05, 0.1) is 0 Å². The van der Waals surface area contributed by atoms with Gasteiger partial charge in [-0.1, -0.05) is 5.16 Å². The number of nitrogens with one attached hydrogen (secondary N) is 1. The van der Waals surface area contributed by atoms with Crippen LogP contribution in [-0.4, -0.2) is 22.3 Å². The van der Waals surface area contributed by atoms with Crippen molar-refractivity contribution in [2.75, 3.05) is 5.32 Å². The third-order valence-electron chi connectivity index (χ3n) is 1.76. The third kappa shape index (κ3) is 1.99. The minimum absolute atomic E-state index is 0.602. The molecule has 1 heterocycles. The lowest BCUT2D eigenvalue weighted by molar-refractivity contribution is -0.137. The van der Waals surface area contributed by atoms with Gasteiger partial charge in [0.1, 0.15) is 17.4 Å². The Morgan fingerprint density at radius 1 is 1.62 bits per heavy atom. The third-order valence-corrected chi connectivity index (χ3v) is 1.76. The summed E-state index contributed by atoms with van der Waals surface area (Å²) < 4.78 is 4.87. The molecular weight excluding hydrogens is 172 g/mol. The van der Waals surface area contributed by atoms with Crippen molar-refractivity contribution in [2.24, 2.45) is 0 Å². The van der Waals surface area contributed by atoms with Gasteiger partial charge in [0, 0.05) is 0 Å². The average molecular weight is 184 g/mol. The lowest BCUT2D eigenvalue weighted by atomic mass is 10.2. The zero-order valence-corrected chi connectivity index (χ0v) is 7.79. The number of carbonyl (C=O) groups is 1. The van der Waals surface area contributed by atoms with Crippen LogP contribution in [0.3, 0.4) is 0 Å². The minimum atomic E-state index is -0.903. The SMILES string of the molecule is Cc1noc(C)c1NC(C)C(=O)O. The molecule has 0 bridgehead atoms. The predicted octanol–water partition coefficient (Wildman–Crippen LogP) is 1.18. The second-order valence-electron chi connectivity index (χ2n) is 2.90. The first-order chi connectivity index (χ1) is 6.02. The van der Waals surface area contributed by atoms with Crippen LogP contribution in [0.15, 0.2) is 4.52 Å². The highest BCUT2D eigenvalue weighted by atomic mass is 16.5. The van der Waals surface area contributed by atoms with Crippen LogP contribution in [0, 0.1) is 13.8 Å². The molecule has 72 valence electrons. The number of carboxylic acids is 1. The summed E-state index contributed by atoms with van der Waals surface area (Å²) in [6, 6.07) is -0.642. The molecule has 0 saturated carbocycles. The molecule has 0 aliphatic rings. The number of hydrogen-bond acceptors (Lipinski definition) is 4. The smallest absolute Gasteiger partial charge is 0.325 e. The summed E-state index contributed by atoms with van der Waals surface area (Å²) in [6.07, 6.45) is 0. The normalized spacial score (nSPS) is 12.5. The molecular formula is C8H12N2O3. The van der Waals surface area contributed by atoms with Crippen molar-refractivity contribution in [1.29, 1.82) is 0 Å². The molecule has 1 unspecified atom stereocenters. The van der Waals surface area contributed by atoms with Gasteiger partial charge in [-0.05, 0) is 20.8 Å². The van der Waals surface area contributed by atoms with Gasteiger partial charge in [0.25, 0.3) is 0 Å². The monoisotopic (exact) mass is 184 g/mol. The Morgan fingerprint density at radius 3 is 2.62 bits per heavy atom. The molecule has 5 heteroatoms. The van der Waals surface area contributed by atoms with Crippen LogP contribution in [-0.2, 0) is 4.79 Å². The Balaban J connectivity index is 2.79. The summed E-state index contributed by atoms with van der Waals surface area (Å²) in [4.78, 5) is 10.5. The molecule has 0 amide bonds. The quantitative estimate of drug-likeness (QED) is 0.737. The fourth-order valence-electron chi connectivity index (χ4n) is 0.967. The van der Waals surface area contributed by atoms with Gasteiger partial charge in [-0.25, -0.2) is 0 Å². The number of aliphatic carboxylic acids is 1. The summed E-state index contributed by atoms with van der Waals surface area (Å²) in [5.41, 5.74) is 1.33. The van der Waals surface area contributed by atoms with E-state index in [2.05, 4.69) is 10.5 Å². The topological polar surface area (TPSA) is 75.4 Å². The van der Waals surface area contributed by atoms with Crippen LogP contribution in [0.1, 0.15) is 18.4 Å². The Kier molecular flexibility index (Phi) is 2.55. The molecule has 1 aromatic heterocycles. The molecule has 2 N–H and O–H groups in total. The first-order valence-electron chi connectivity index (χ1n) is 3.94. The first kappa shape index (κ1) is 9.57. The second-order valence-corrected chi connectivity index (χ2v) is 2.90. The van der Waals surface area contributed by atoms with Crippen molar-refractivity contribution in [3.05, 3.63) is 11.5 Å². The van der Waals surface area contributed by atoms with E-state index in [0.717, 1.165) is 0 Å². The number of nitrogens with zero attached hydrogens (tertiary/aromatic N) is 1. The number of rotatable bonds is 3. The van der Waals surface area contributed by atoms with Gasteiger partial charge in [-0.3, -0.25) is 4.79 Å². The van der Waals surface area contributed by atoms with E-state index in [1.54, 1.807) is 20.8 Å². The fraction of sp³-hybridized carbons (Fsp3) is 0.500. The van der Waals surface area contributed by atoms with E-state index >= 15 is 0 Å².